The first-order valence-corrected chi connectivity index (χ1v) is 5.48. The van der Waals surface area contributed by atoms with Crippen LogP contribution in [0.1, 0.15) is 24.2 Å². The van der Waals surface area contributed by atoms with Gasteiger partial charge in [-0.3, -0.25) is 0 Å². The van der Waals surface area contributed by atoms with Crippen molar-refractivity contribution in [3.05, 3.63) is 29.6 Å². The summed E-state index contributed by atoms with van der Waals surface area (Å²) in [6.45, 7) is 4.39. The highest BCUT2D eigenvalue weighted by molar-refractivity contribution is 5.93. The van der Waals surface area contributed by atoms with Gasteiger partial charge in [-0.05, 0) is 24.1 Å². The molecular weight excluding hydrogens is 239 g/mol. The molecule has 0 unspecified atom stereocenters. The number of carbonyl (C=O) groups is 2. The highest BCUT2D eigenvalue weighted by atomic mass is 19.1. The van der Waals surface area contributed by atoms with Gasteiger partial charge in [-0.2, -0.15) is 0 Å². The average Bonchev–Trinajstić information content (AvgIpc) is 2.28. The maximum absolute atomic E-state index is 13.1. The second-order valence-electron chi connectivity index (χ2n) is 4.23. The average molecular weight is 254 g/mol. The SMILES string of the molecule is CC(C)CNC(=O)Nc1ccc(F)c(C(=O)O)c1. The normalized spacial score (nSPS) is 10.2. The Balaban J connectivity index is 2.70. The second kappa shape index (κ2) is 6.00. The van der Waals surface area contributed by atoms with Gasteiger partial charge in [0.2, 0.25) is 0 Å². The molecule has 98 valence electrons. The van der Waals surface area contributed by atoms with Crippen LogP contribution < -0.4 is 10.6 Å². The molecule has 0 aliphatic heterocycles. The quantitative estimate of drug-likeness (QED) is 0.771. The fourth-order valence-corrected chi connectivity index (χ4v) is 1.24. The number of hydrogen-bond donors (Lipinski definition) is 3. The lowest BCUT2D eigenvalue weighted by molar-refractivity contribution is 0.0692. The number of halogens is 1. The maximum atomic E-state index is 13.1. The van der Waals surface area contributed by atoms with E-state index in [1.807, 2.05) is 13.8 Å². The Morgan fingerprint density at radius 3 is 2.61 bits per heavy atom. The molecule has 3 N–H and O–H groups in total. The number of amides is 2. The number of urea groups is 1. The lowest BCUT2D eigenvalue weighted by Gasteiger charge is -2.10. The molecule has 0 spiro atoms. The standard InChI is InChI=1S/C12H15FN2O3/c1-7(2)6-14-12(18)15-8-3-4-10(13)9(5-8)11(16)17/h3-5,7H,6H2,1-2H3,(H,16,17)(H2,14,15,18). The van der Waals surface area contributed by atoms with Gasteiger partial charge in [-0.25, -0.2) is 14.0 Å². The molecule has 0 atom stereocenters. The van der Waals surface area contributed by atoms with Gasteiger partial charge in [0.25, 0.3) is 0 Å². The molecule has 0 bridgehead atoms. The Kier molecular flexibility index (Phi) is 4.65. The lowest BCUT2D eigenvalue weighted by atomic mass is 10.2. The number of anilines is 1. The highest BCUT2D eigenvalue weighted by Gasteiger charge is 2.11. The van der Waals surface area contributed by atoms with Gasteiger partial charge in [0, 0.05) is 12.2 Å². The van der Waals surface area contributed by atoms with Crippen molar-refractivity contribution in [2.24, 2.45) is 5.92 Å². The van der Waals surface area contributed by atoms with Crippen molar-refractivity contribution in [2.45, 2.75) is 13.8 Å². The largest absolute Gasteiger partial charge is 0.478 e. The number of carboxylic acid groups (broad SMARTS) is 1. The molecule has 0 aliphatic rings. The molecule has 1 aromatic rings. The van der Waals surface area contributed by atoms with Crippen LogP contribution in [0.5, 0.6) is 0 Å². The van der Waals surface area contributed by atoms with Crippen LogP contribution in [0.4, 0.5) is 14.9 Å². The first-order valence-electron chi connectivity index (χ1n) is 5.48. The number of carbonyl (C=O) groups excluding carboxylic acids is 1. The summed E-state index contributed by atoms with van der Waals surface area (Å²) in [6.07, 6.45) is 0. The van der Waals surface area contributed by atoms with E-state index >= 15 is 0 Å². The first kappa shape index (κ1) is 14.0. The van der Waals surface area contributed by atoms with E-state index in [1.165, 1.54) is 6.07 Å². The number of rotatable bonds is 4. The van der Waals surface area contributed by atoms with Gasteiger partial charge in [-0.1, -0.05) is 13.8 Å². The van der Waals surface area contributed by atoms with Crippen LogP contribution in [0, 0.1) is 11.7 Å². The van der Waals surface area contributed by atoms with Gasteiger partial charge in [0.05, 0.1) is 5.56 Å². The van der Waals surface area contributed by atoms with E-state index in [1.54, 1.807) is 0 Å². The molecule has 0 saturated heterocycles. The van der Waals surface area contributed by atoms with Crippen LogP contribution in [0.15, 0.2) is 18.2 Å². The van der Waals surface area contributed by atoms with E-state index < -0.39 is 23.4 Å². The van der Waals surface area contributed by atoms with Gasteiger partial charge in [-0.15, -0.1) is 0 Å². The van der Waals surface area contributed by atoms with Crippen molar-refractivity contribution in [2.75, 3.05) is 11.9 Å². The summed E-state index contributed by atoms with van der Waals surface area (Å²) in [6, 6.07) is 2.93. The van der Waals surface area contributed by atoms with Crippen LogP contribution in [-0.4, -0.2) is 23.7 Å². The zero-order valence-corrected chi connectivity index (χ0v) is 10.2. The molecule has 0 heterocycles. The topological polar surface area (TPSA) is 78.4 Å². The van der Waals surface area contributed by atoms with Crippen molar-refractivity contribution >= 4 is 17.7 Å². The molecule has 18 heavy (non-hydrogen) atoms. The Bertz CT molecular complexity index is 461. The number of carboxylic acids is 1. The number of aromatic carboxylic acids is 1. The third-order valence-electron chi connectivity index (χ3n) is 2.13. The Morgan fingerprint density at radius 1 is 1.39 bits per heavy atom. The molecule has 0 radical (unpaired) electrons. The summed E-state index contributed by atoms with van der Waals surface area (Å²) in [7, 11) is 0. The van der Waals surface area contributed by atoms with Gasteiger partial charge >= 0.3 is 12.0 Å². The summed E-state index contributed by atoms with van der Waals surface area (Å²) < 4.78 is 13.1. The van der Waals surface area contributed by atoms with E-state index in [0.29, 0.717) is 12.5 Å². The predicted molar refractivity (Wildman–Crippen MR) is 65.2 cm³/mol. The first-order chi connectivity index (χ1) is 8.40. The smallest absolute Gasteiger partial charge is 0.338 e. The Labute approximate surface area is 104 Å². The molecule has 0 aromatic heterocycles. The summed E-state index contributed by atoms with van der Waals surface area (Å²) >= 11 is 0. The fourth-order valence-electron chi connectivity index (χ4n) is 1.24. The van der Waals surface area contributed by atoms with E-state index in [-0.39, 0.29) is 5.69 Å². The molecule has 1 rings (SSSR count). The van der Waals surface area contributed by atoms with Crippen LogP contribution in [0.3, 0.4) is 0 Å². The Morgan fingerprint density at radius 2 is 2.06 bits per heavy atom. The molecule has 6 heteroatoms. The predicted octanol–water partition coefficient (Wildman–Crippen LogP) is 2.30. The maximum Gasteiger partial charge on any atom is 0.338 e. The summed E-state index contributed by atoms with van der Waals surface area (Å²) in [5, 5.41) is 13.8. The molecule has 5 nitrogen and oxygen atoms in total. The van der Waals surface area contributed by atoms with Gasteiger partial charge in [0.1, 0.15) is 5.82 Å². The van der Waals surface area contributed by atoms with Crippen molar-refractivity contribution in [3.63, 3.8) is 0 Å². The van der Waals surface area contributed by atoms with E-state index in [9.17, 15) is 14.0 Å². The molecule has 2 amide bonds. The van der Waals surface area contributed by atoms with Crippen molar-refractivity contribution in [3.8, 4) is 0 Å². The minimum Gasteiger partial charge on any atom is -0.478 e. The van der Waals surface area contributed by atoms with Crippen LogP contribution >= 0.6 is 0 Å². The molecule has 0 saturated carbocycles. The van der Waals surface area contributed by atoms with Crippen molar-refractivity contribution in [1.29, 1.82) is 0 Å². The number of hydrogen-bond acceptors (Lipinski definition) is 2. The molecule has 0 fully saturated rings. The highest BCUT2D eigenvalue weighted by Crippen LogP contribution is 2.14. The summed E-state index contributed by atoms with van der Waals surface area (Å²) in [5.74, 6) is -1.91. The second-order valence-corrected chi connectivity index (χ2v) is 4.23. The zero-order chi connectivity index (χ0) is 13.7. The Hall–Kier alpha value is -2.11. The third kappa shape index (κ3) is 4.04. The third-order valence-corrected chi connectivity index (χ3v) is 2.13. The van der Waals surface area contributed by atoms with Crippen molar-refractivity contribution < 1.29 is 19.1 Å². The van der Waals surface area contributed by atoms with Crippen LogP contribution in [0.2, 0.25) is 0 Å². The number of benzene rings is 1. The van der Waals surface area contributed by atoms with Gasteiger partial charge < -0.3 is 15.7 Å². The summed E-state index contributed by atoms with van der Waals surface area (Å²) in [5.41, 5.74) is -0.244. The lowest BCUT2D eigenvalue weighted by Crippen LogP contribution is -2.31. The minimum absolute atomic E-state index is 0.232. The zero-order valence-electron chi connectivity index (χ0n) is 10.2. The van der Waals surface area contributed by atoms with Crippen LogP contribution in [0.25, 0.3) is 0 Å². The van der Waals surface area contributed by atoms with Crippen LogP contribution in [-0.2, 0) is 0 Å². The van der Waals surface area contributed by atoms with E-state index in [4.69, 9.17) is 5.11 Å². The van der Waals surface area contributed by atoms with Crippen molar-refractivity contribution in [1.82, 2.24) is 5.32 Å². The fraction of sp³-hybridized carbons (Fsp3) is 0.333. The van der Waals surface area contributed by atoms with Gasteiger partial charge in [0.15, 0.2) is 0 Å². The summed E-state index contributed by atoms with van der Waals surface area (Å²) in [4.78, 5) is 22.1. The minimum atomic E-state index is -1.38. The molecule has 0 aliphatic carbocycles. The molecule has 1 aromatic carbocycles. The van der Waals surface area contributed by atoms with E-state index in [0.717, 1.165) is 12.1 Å². The van der Waals surface area contributed by atoms with E-state index in [2.05, 4.69) is 10.6 Å². The number of nitrogens with one attached hydrogen (secondary N) is 2. The molecular formula is C12H15FN2O3. The monoisotopic (exact) mass is 254 g/mol.